The van der Waals surface area contributed by atoms with Gasteiger partial charge in [0.2, 0.25) is 6.41 Å². The van der Waals surface area contributed by atoms with Crippen LogP contribution in [0.1, 0.15) is 19.8 Å². The monoisotopic (exact) mass is 380 g/mol. The second-order valence-electron chi connectivity index (χ2n) is 6.76. The number of anilines is 1. The van der Waals surface area contributed by atoms with E-state index >= 15 is 0 Å². The maximum Gasteiger partial charge on any atom is 0.214 e. The first kappa shape index (κ1) is 19.6. The van der Waals surface area contributed by atoms with Gasteiger partial charge in [0, 0.05) is 62.4 Å². The first-order chi connectivity index (χ1) is 13.6. The standard InChI is InChI=1S/C17H18N6O.C3H6O/c1-13(8-18)4-6-22(12-24)16-3-5-19-23-11-14(7-17(16)23)15-9-20-21(2)10-15;1-2-4-3-1/h3,5,7,9-13H,4,6H2,1-2H3;1-3H2. The Kier molecular flexibility index (Phi) is 6.40. The second-order valence-corrected chi connectivity index (χ2v) is 6.76. The zero-order valence-electron chi connectivity index (χ0n) is 16.2. The lowest BCUT2D eigenvalue weighted by Gasteiger charge is -2.18. The van der Waals surface area contributed by atoms with E-state index < -0.39 is 0 Å². The van der Waals surface area contributed by atoms with Crippen LogP contribution in [-0.2, 0) is 16.6 Å². The fraction of sp³-hybridized carbons (Fsp3) is 0.400. The van der Waals surface area contributed by atoms with Gasteiger partial charge in [-0.2, -0.15) is 15.5 Å². The molecular formula is C20H24N6O2. The summed E-state index contributed by atoms with van der Waals surface area (Å²) in [5, 5.41) is 17.4. The third-order valence-corrected chi connectivity index (χ3v) is 4.56. The zero-order chi connectivity index (χ0) is 19.9. The molecule has 0 aromatic carbocycles. The summed E-state index contributed by atoms with van der Waals surface area (Å²) in [6.45, 7) is 4.34. The molecule has 3 aromatic heterocycles. The molecule has 8 nitrogen and oxygen atoms in total. The van der Waals surface area contributed by atoms with Crippen molar-refractivity contribution in [1.82, 2.24) is 19.4 Å². The van der Waals surface area contributed by atoms with E-state index in [4.69, 9.17) is 10.00 Å². The Morgan fingerprint density at radius 1 is 1.36 bits per heavy atom. The molecule has 146 valence electrons. The summed E-state index contributed by atoms with van der Waals surface area (Å²) in [6.07, 6.45) is 10.0. The molecule has 1 saturated heterocycles. The molecule has 1 atom stereocenters. The predicted molar refractivity (Wildman–Crippen MR) is 106 cm³/mol. The molecule has 0 aliphatic carbocycles. The summed E-state index contributed by atoms with van der Waals surface area (Å²) in [7, 11) is 1.87. The van der Waals surface area contributed by atoms with E-state index in [0.717, 1.165) is 42.0 Å². The number of carbonyl (C=O) groups excluding carboxylic acids is 1. The topological polar surface area (TPSA) is 88.4 Å². The Bertz CT molecular complexity index is 963. The predicted octanol–water partition coefficient (Wildman–Crippen LogP) is 2.65. The maximum atomic E-state index is 11.5. The highest BCUT2D eigenvalue weighted by Gasteiger charge is 2.14. The van der Waals surface area contributed by atoms with E-state index in [9.17, 15) is 4.79 Å². The molecule has 0 saturated carbocycles. The average molecular weight is 380 g/mol. The van der Waals surface area contributed by atoms with Crippen molar-refractivity contribution in [1.29, 1.82) is 5.26 Å². The summed E-state index contributed by atoms with van der Waals surface area (Å²) in [4.78, 5) is 13.2. The molecule has 1 unspecified atom stereocenters. The SMILES string of the molecule is C1COC1.CC(C#N)CCN(C=O)c1ccnn2cc(-c3cnn(C)c3)cc12. The summed E-state index contributed by atoms with van der Waals surface area (Å²) in [6, 6.07) is 5.99. The van der Waals surface area contributed by atoms with Gasteiger partial charge in [-0.3, -0.25) is 9.48 Å². The van der Waals surface area contributed by atoms with Crippen molar-refractivity contribution in [2.75, 3.05) is 24.7 Å². The van der Waals surface area contributed by atoms with E-state index in [1.807, 2.05) is 38.5 Å². The van der Waals surface area contributed by atoms with Gasteiger partial charge in [0.15, 0.2) is 0 Å². The Morgan fingerprint density at radius 3 is 2.68 bits per heavy atom. The van der Waals surface area contributed by atoms with Gasteiger partial charge in [-0.1, -0.05) is 0 Å². The number of carbonyl (C=O) groups is 1. The van der Waals surface area contributed by atoms with Crippen LogP contribution in [0.25, 0.3) is 16.6 Å². The lowest BCUT2D eigenvalue weighted by molar-refractivity contribution is -0.107. The quantitative estimate of drug-likeness (QED) is 0.614. The van der Waals surface area contributed by atoms with Gasteiger partial charge in [-0.25, -0.2) is 4.52 Å². The normalized spacial score (nSPS) is 13.8. The first-order valence-electron chi connectivity index (χ1n) is 9.28. The minimum absolute atomic E-state index is 0.0944. The molecule has 0 bridgehead atoms. The lowest BCUT2D eigenvalue weighted by Crippen LogP contribution is -2.24. The van der Waals surface area contributed by atoms with Crippen molar-refractivity contribution in [2.45, 2.75) is 19.8 Å². The van der Waals surface area contributed by atoms with E-state index in [1.54, 1.807) is 26.5 Å². The summed E-state index contributed by atoms with van der Waals surface area (Å²) in [5.74, 6) is -0.0944. The molecule has 3 aromatic rings. The minimum Gasteiger partial charge on any atom is -0.381 e. The zero-order valence-corrected chi connectivity index (χ0v) is 16.2. The largest absolute Gasteiger partial charge is 0.381 e. The van der Waals surface area contributed by atoms with Gasteiger partial charge in [0.1, 0.15) is 0 Å². The molecule has 0 radical (unpaired) electrons. The van der Waals surface area contributed by atoms with Crippen LogP contribution in [0.5, 0.6) is 0 Å². The Morgan fingerprint density at radius 2 is 2.11 bits per heavy atom. The number of fused-ring (bicyclic) bond motifs is 1. The van der Waals surface area contributed by atoms with E-state index in [0.29, 0.717) is 13.0 Å². The Hall–Kier alpha value is -3.18. The number of ether oxygens (including phenoxy) is 1. The van der Waals surface area contributed by atoms with Crippen molar-refractivity contribution >= 4 is 17.6 Å². The fourth-order valence-electron chi connectivity index (χ4n) is 2.74. The lowest BCUT2D eigenvalue weighted by atomic mass is 10.1. The molecule has 0 N–H and O–H groups in total. The molecule has 1 aliphatic heterocycles. The molecular weight excluding hydrogens is 356 g/mol. The molecule has 1 fully saturated rings. The summed E-state index contributed by atoms with van der Waals surface area (Å²) >= 11 is 0. The van der Waals surface area contributed by atoms with Gasteiger partial charge in [-0.05, 0) is 31.9 Å². The molecule has 0 spiro atoms. The van der Waals surface area contributed by atoms with Gasteiger partial charge in [0.05, 0.1) is 23.5 Å². The number of nitrogens with zero attached hydrogens (tertiary/aromatic N) is 6. The van der Waals surface area contributed by atoms with Gasteiger partial charge < -0.3 is 9.64 Å². The van der Waals surface area contributed by atoms with Gasteiger partial charge in [0.25, 0.3) is 0 Å². The van der Waals surface area contributed by atoms with Crippen LogP contribution >= 0.6 is 0 Å². The highest BCUT2D eigenvalue weighted by molar-refractivity contribution is 5.87. The van der Waals surface area contributed by atoms with Gasteiger partial charge in [-0.15, -0.1) is 0 Å². The second kappa shape index (κ2) is 9.15. The Labute approximate surface area is 163 Å². The minimum atomic E-state index is -0.0944. The van der Waals surface area contributed by atoms with Crippen LogP contribution in [0.3, 0.4) is 0 Å². The third kappa shape index (κ3) is 4.56. The molecule has 28 heavy (non-hydrogen) atoms. The Balaban J connectivity index is 0.000000500. The van der Waals surface area contributed by atoms with Crippen LogP contribution in [0, 0.1) is 17.2 Å². The number of aryl methyl sites for hydroxylation is 1. The van der Waals surface area contributed by atoms with Crippen molar-refractivity contribution in [3.8, 4) is 17.2 Å². The smallest absolute Gasteiger partial charge is 0.214 e. The number of rotatable bonds is 6. The molecule has 1 amide bonds. The number of nitriles is 1. The van der Waals surface area contributed by atoms with Crippen LogP contribution in [0.2, 0.25) is 0 Å². The molecule has 4 rings (SSSR count). The molecule has 8 heteroatoms. The number of amides is 1. The highest BCUT2D eigenvalue weighted by atomic mass is 16.5. The van der Waals surface area contributed by atoms with Gasteiger partial charge >= 0.3 is 0 Å². The number of hydrogen-bond acceptors (Lipinski definition) is 5. The highest BCUT2D eigenvalue weighted by Crippen LogP contribution is 2.27. The average Bonchev–Trinajstić information content (AvgIpc) is 3.26. The third-order valence-electron chi connectivity index (χ3n) is 4.56. The van der Waals surface area contributed by atoms with Crippen LogP contribution in [0.4, 0.5) is 5.69 Å². The van der Waals surface area contributed by atoms with Crippen molar-refractivity contribution < 1.29 is 9.53 Å². The number of aromatic nitrogens is 4. The van der Waals surface area contributed by atoms with Crippen molar-refractivity contribution in [3.05, 3.63) is 36.9 Å². The summed E-state index contributed by atoms with van der Waals surface area (Å²) in [5.41, 5.74) is 3.59. The van der Waals surface area contributed by atoms with Crippen LogP contribution in [-0.4, -0.2) is 45.6 Å². The van der Waals surface area contributed by atoms with Crippen LogP contribution < -0.4 is 4.90 Å². The summed E-state index contributed by atoms with van der Waals surface area (Å²) < 4.78 is 8.22. The molecule has 1 aliphatic rings. The van der Waals surface area contributed by atoms with E-state index in [2.05, 4.69) is 16.3 Å². The maximum absolute atomic E-state index is 11.5. The van der Waals surface area contributed by atoms with Crippen LogP contribution in [0.15, 0.2) is 36.9 Å². The van der Waals surface area contributed by atoms with Crippen molar-refractivity contribution in [2.24, 2.45) is 13.0 Å². The molecule has 4 heterocycles. The van der Waals surface area contributed by atoms with Crippen molar-refractivity contribution in [3.63, 3.8) is 0 Å². The van der Waals surface area contributed by atoms with E-state index in [-0.39, 0.29) is 5.92 Å². The fourth-order valence-corrected chi connectivity index (χ4v) is 2.74. The first-order valence-corrected chi connectivity index (χ1v) is 9.28. The number of hydrogen-bond donors (Lipinski definition) is 0. The van der Waals surface area contributed by atoms with E-state index in [1.165, 1.54) is 6.42 Å².